The third kappa shape index (κ3) is 4.07. The standard InChI is InChI=1S/C24H20N2O4/c1-16-4-3-5-22-25-20(14-23(27)26(16)22)15-30-24(28)11-7-17-6-8-19-13-21(29-2)10-9-18(19)12-17/h3-14H,15H2,1-2H3/b11-7+. The molecular formula is C24H20N2O4. The minimum atomic E-state index is -0.504. The molecule has 4 aromatic rings. The number of pyridine rings is 1. The van der Waals surface area contributed by atoms with Gasteiger partial charge in [0.2, 0.25) is 0 Å². The van der Waals surface area contributed by atoms with Gasteiger partial charge in [0, 0.05) is 17.8 Å². The second kappa shape index (κ2) is 8.21. The van der Waals surface area contributed by atoms with Gasteiger partial charge in [-0.1, -0.05) is 24.3 Å². The minimum absolute atomic E-state index is 0.0691. The predicted molar refractivity (Wildman–Crippen MR) is 116 cm³/mol. The van der Waals surface area contributed by atoms with E-state index >= 15 is 0 Å². The number of carbonyl (C=O) groups excluding carboxylic acids is 1. The van der Waals surface area contributed by atoms with E-state index in [1.165, 1.54) is 16.5 Å². The summed E-state index contributed by atoms with van der Waals surface area (Å²) in [4.78, 5) is 28.8. The molecular weight excluding hydrogens is 380 g/mol. The number of nitrogens with zero attached hydrogens (tertiary/aromatic N) is 2. The van der Waals surface area contributed by atoms with Crippen LogP contribution >= 0.6 is 0 Å². The highest BCUT2D eigenvalue weighted by Crippen LogP contribution is 2.22. The maximum absolute atomic E-state index is 12.3. The molecule has 0 fully saturated rings. The molecule has 6 nitrogen and oxygen atoms in total. The van der Waals surface area contributed by atoms with Gasteiger partial charge in [-0.3, -0.25) is 9.20 Å². The van der Waals surface area contributed by atoms with Gasteiger partial charge >= 0.3 is 5.97 Å². The van der Waals surface area contributed by atoms with Crippen molar-refractivity contribution >= 4 is 28.5 Å². The predicted octanol–water partition coefficient (Wildman–Crippen LogP) is 3.92. The lowest BCUT2D eigenvalue weighted by Gasteiger charge is -2.06. The second-order valence-corrected chi connectivity index (χ2v) is 6.86. The van der Waals surface area contributed by atoms with Crippen molar-refractivity contribution in [3.05, 3.63) is 94.0 Å². The van der Waals surface area contributed by atoms with Gasteiger partial charge in [0.25, 0.3) is 5.56 Å². The van der Waals surface area contributed by atoms with Gasteiger partial charge in [-0.15, -0.1) is 0 Å². The molecule has 0 saturated heterocycles. The lowest BCUT2D eigenvalue weighted by atomic mass is 10.1. The number of esters is 1. The third-order valence-electron chi connectivity index (χ3n) is 4.78. The Morgan fingerprint density at radius 3 is 2.70 bits per heavy atom. The molecule has 0 spiro atoms. The zero-order chi connectivity index (χ0) is 21.1. The summed E-state index contributed by atoms with van der Waals surface area (Å²) in [5, 5.41) is 2.10. The second-order valence-electron chi connectivity index (χ2n) is 6.86. The zero-order valence-corrected chi connectivity index (χ0v) is 16.7. The van der Waals surface area contributed by atoms with E-state index in [4.69, 9.17) is 9.47 Å². The molecule has 2 aromatic heterocycles. The van der Waals surface area contributed by atoms with Gasteiger partial charge in [-0.25, -0.2) is 9.78 Å². The molecule has 0 bridgehead atoms. The van der Waals surface area contributed by atoms with E-state index in [0.717, 1.165) is 27.8 Å². The Morgan fingerprint density at radius 1 is 1.07 bits per heavy atom. The number of aryl methyl sites for hydroxylation is 1. The molecule has 0 atom stereocenters. The quantitative estimate of drug-likeness (QED) is 0.375. The van der Waals surface area contributed by atoms with Crippen molar-refractivity contribution in [2.45, 2.75) is 13.5 Å². The topological polar surface area (TPSA) is 69.9 Å². The van der Waals surface area contributed by atoms with Crippen molar-refractivity contribution in [2.75, 3.05) is 7.11 Å². The first-order valence-corrected chi connectivity index (χ1v) is 9.44. The average molecular weight is 400 g/mol. The van der Waals surface area contributed by atoms with E-state index in [2.05, 4.69) is 4.98 Å². The minimum Gasteiger partial charge on any atom is -0.497 e. The number of hydrogen-bond donors (Lipinski definition) is 0. The fraction of sp³-hybridized carbons (Fsp3) is 0.125. The Morgan fingerprint density at radius 2 is 1.87 bits per heavy atom. The first-order chi connectivity index (χ1) is 14.5. The van der Waals surface area contributed by atoms with Crippen molar-refractivity contribution in [1.82, 2.24) is 9.38 Å². The number of methoxy groups -OCH3 is 1. The van der Waals surface area contributed by atoms with Gasteiger partial charge in [-0.2, -0.15) is 0 Å². The van der Waals surface area contributed by atoms with Crippen LogP contribution in [0.25, 0.3) is 22.5 Å². The Hall–Kier alpha value is -3.93. The highest BCUT2D eigenvalue weighted by Gasteiger charge is 2.06. The number of fused-ring (bicyclic) bond motifs is 2. The van der Waals surface area contributed by atoms with E-state index < -0.39 is 5.97 Å². The van der Waals surface area contributed by atoms with Crippen molar-refractivity contribution in [2.24, 2.45) is 0 Å². The number of rotatable bonds is 5. The van der Waals surface area contributed by atoms with Crippen LogP contribution in [0.5, 0.6) is 5.75 Å². The molecule has 0 saturated carbocycles. The van der Waals surface area contributed by atoms with E-state index in [9.17, 15) is 9.59 Å². The third-order valence-corrected chi connectivity index (χ3v) is 4.78. The maximum atomic E-state index is 12.3. The van der Waals surface area contributed by atoms with Gasteiger partial charge in [0.1, 0.15) is 18.0 Å². The van der Waals surface area contributed by atoms with E-state index in [-0.39, 0.29) is 12.2 Å². The molecule has 0 aliphatic rings. The van der Waals surface area contributed by atoms with Crippen LogP contribution in [0.15, 0.2) is 71.5 Å². The smallest absolute Gasteiger partial charge is 0.331 e. The molecule has 30 heavy (non-hydrogen) atoms. The highest BCUT2D eigenvalue weighted by molar-refractivity contribution is 5.90. The molecule has 6 heteroatoms. The first kappa shape index (κ1) is 19.4. The van der Waals surface area contributed by atoms with Crippen molar-refractivity contribution in [3.8, 4) is 5.75 Å². The number of hydrogen-bond acceptors (Lipinski definition) is 5. The van der Waals surface area contributed by atoms with Crippen molar-refractivity contribution in [3.63, 3.8) is 0 Å². The molecule has 0 amide bonds. The molecule has 2 heterocycles. The molecule has 4 rings (SSSR count). The van der Waals surface area contributed by atoms with Gasteiger partial charge in [0.05, 0.1) is 12.8 Å². The molecule has 0 unspecified atom stereocenters. The molecule has 2 aromatic carbocycles. The lowest BCUT2D eigenvalue weighted by Crippen LogP contribution is -2.18. The van der Waals surface area contributed by atoms with Gasteiger partial charge < -0.3 is 9.47 Å². The van der Waals surface area contributed by atoms with Crippen LogP contribution in [0.4, 0.5) is 0 Å². The van der Waals surface area contributed by atoms with Crippen LogP contribution in [0.2, 0.25) is 0 Å². The normalized spacial score (nSPS) is 11.3. The summed E-state index contributed by atoms with van der Waals surface area (Å²) >= 11 is 0. The SMILES string of the molecule is COc1ccc2cc(/C=C/C(=O)OCc3cc(=O)n4c(C)cccc4n3)ccc2c1. The van der Waals surface area contributed by atoms with Crippen LogP contribution < -0.4 is 10.3 Å². The number of ether oxygens (including phenoxy) is 2. The summed E-state index contributed by atoms with van der Waals surface area (Å²) in [6, 6.07) is 18.5. The first-order valence-electron chi connectivity index (χ1n) is 9.44. The summed E-state index contributed by atoms with van der Waals surface area (Å²) in [6.45, 7) is 1.77. The Balaban J connectivity index is 1.45. The summed E-state index contributed by atoms with van der Waals surface area (Å²) in [5.74, 6) is 0.294. The lowest BCUT2D eigenvalue weighted by molar-refractivity contribution is -0.139. The molecule has 150 valence electrons. The molecule has 0 aliphatic heterocycles. The van der Waals surface area contributed by atoms with E-state index in [0.29, 0.717) is 11.3 Å². The Labute approximate surface area is 173 Å². The van der Waals surface area contributed by atoms with Gasteiger partial charge in [-0.05, 0) is 59.7 Å². The fourth-order valence-electron chi connectivity index (χ4n) is 3.27. The van der Waals surface area contributed by atoms with Gasteiger partial charge in [0.15, 0.2) is 0 Å². The van der Waals surface area contributed by atoms with Crippen LogP contribution in [0, 0.1) is 6.92 Å². The summed E-state index contributed by atoms with van der Waals surface area (Å²) in [7, 11) is 1.63. The fourth-order valence-corrected chi connectivity index (χ4v) is 3.27. The van der Waals surface area contributed by atoms with Crippen LogP contribution in [-0.2, 0) is 16.1 Å². The van der Waals surface area contributed by atoms with Crippen LogP contribution in [-0.4, -0.2) is 22.5 Å². The summed E-state index contributed by atoms with van der Waals surface area (Å²) in [5.41, 5.74) is 2.41. The maximum Gasteiger partial charge on any atom is 0.331 e. The number of carbonyl (C=O) groups is 1. The molecule has 0 radical (unpaired) electrons. The largest absolute Gasteiger partial charge is 0.497 e. The molecule has 0 N–H and O–H groups in total. The Kier molecular flexibility index (Phi) is 5.30. The summed E-state index contributed by atoms with van der Waals surface area (Å²) in [6.07, 6.45) is 3.06. The highest BCUT2D eigenvalue weighted by atomic mass is 16.5. The number of benzene rings is 2. The Bertz CT molecular complexity index is 1340. The van der Waals surface area contributed by atoms with E-state index in [1.54, 1.807) is 19.3 Å². The zero-order valence-electron chi connectivity index (χ0n) is 16.7. The van der Waals surface area contributed by atoms with E-state index in [1.807, 2.05) is 55.5 Å². The van der Waals surface area contributed by atoms with Crippen molar-refractivity contribution in [1.29, 1.82) is 0 Å². The monoisotopic (exact) mass is 400 g/mol. The molecule has 0 aliphatic carbocycles. The van der Waals surface area contributed by atoms with Crippen LogP contribution in [0.1, 0.15) is 17.0 Å². The number of aromatic nitrogens is 2. The van der Waals surface area contributed by atoms with Crippen molar-refractivity contribution < 1.29 is 14.3 Å². The summed E-state index contributed by atoms with van der Waals surface area (Å²) < 4.78 is 12.0. The average Bonchev–Trinajstić information content (AvgIpc) is 2.75. The van der Waals surface area contributed by atoms with Crippen LogP contribution in [0.3, 0.4) is 0 Å².